The van der Waals surface area contributed by atoms with Gasteiger partial charge in [0.1, 0.15) is 23.2 Å². The second-order valence-electron chi connectivity index (χ2n) is 3.00. The normalized spacial score (nSPS) is 10.0. The fourth-order valence-corrected chi connectivity index (χ4v) is 1.36. The smallest absolute Gasteiger partial charge is 0.174 e. The highest BCUT2D eigenvalue weighted by Gasteiger charge is 2.01. The molecule has 0 saturated heterocycles. The molecular formula is C11H9NO2. The standard InChI is InChI=1S/C11H9NO2/c1-8-6-9-7-10(13-5-4-12)2-3-11(9)14-8/h2-3,6-7H,5H2,1H3. The zero-order valence-corrected chi connectivity index (χ0v) is 7.78. The molecule has 3 nitrogen and oxygen atoms in total. The van der Waals surface area contributed by atoms with Crippen molar-refractivity contribution in [2.75, 3.05) is 6.61 Å². The van der Waals surface area contributed by atoms with Gasteiger partial charge in [0, 0.05) is 5.39 Å². The van der Waals surface area contributed by atoms with Crippen molar-refractivity contribution >= 4 is 11.0 Å². The second kappa shape index (κ2) is 3.43. The number of furan rings is 1. The van der Waals surface area contributed by atoms with Gasteiger partial charge in [-0.3, -0.25) is 0 Å². The van der Waals surface area contributed by atoms with Crippen LogP contribution in [0.15, 0.2) is 28.7 Å². The van der Waals surface area contributed by atoms with Gasteiger partial charge in [-0.25, -0.2) is 0 Å². The molecule has 0 fully saturated rings. The van der Waals surface area contributed by atoms with E-state index in [1.54, 1.807) is 6.07 Å². The number of ether oxygens (including phenoxy) is 1. The van der Waals surface area contributed by atoms with Crippen LogP contribution in [-0.2, 0) is 0 Å². The van der Waals surface area contributed by atoms with Crippen LogP contribution in [0.25, 0.3) is 11.0 Å². The highest BCUT2D eigenvalue weighted by atomic mass is 16.5. The first-order valence-corrected chi connectivity index (χ1v) is 4.29. The van der Waals surface area contributed by atoms with Crippen molar-refractivity contribution in [1.82, 2.24) is 0 Å². The van der Waals surface area contributed by atoms with Crippen molar-refractivity contribution in [1.29, 1.82) is 5.26 Å². The lowest BCUT2D eigenvalue weighted by Gasteiger charge is -1.99. The molecule has 0 radical (unpaired) electrons. The minimum atomic E-state index is 0.0718. The number of hydrogen-bond donors (Lipinski definition) is 0. The van der Waals surface area contributed by atoms with Crippen LogP contribution in [0.4, 0.5) is 0 Å². The Hall–Kier alpha value is -1.95. The third kappa shape index (κ3) is 1.55. The average Bonchev–Trinajstić information content (AvgIpc) is 2.54. The Labute approximate surface area is 81.5 Å². The lowest BCUT2D eigenvalue weighted by molar-refractivity contribution is 0.368. The fourth-order valence-electron chi connectivity index (χ4n) is 1.36. The van der Waals surface area contributed by atoms with E-state index in [4.69, 9.17) is 14.4 Å². The van der Waals surface area contributed by atoms with E-state index in [1.165, 1.54) is 0 Å². The Morgan fingerprint density at radius 2 is 2.29 bits per heavy atom. The zero-order chi connectivity index (χ0) is 9.97. The van der Waals surface area contributed by atoms with Crippen LogP contribution in [0.3, 0.4) is 0 Å². The summed E-state index contributed by atoms with van der Waals surface area (Å²) in [5.41, 5.74) is 0.840. The first kappa shape index (κ1) is 8.64. The Morgan fingerprint density at radius 1 is 1.43 bits per heavy atom. The van der Waals surface area contributed by atoms with Crippen LogP contribution >= 0.6 is 0 Å². The molecule has 70 valence electrons. The van der Waals surface area contributed by atoms with E-state index in [0.717, 1.165) is 16.7 Å². The van der Waals surface area contributed by atoms with E-state index in [-0.39, 0.29) is 6.61 Å². The van der Waals surface area contributed by atoms with Crippen molar-refractivity contribution in [2.45, 2.75) is 6.92 Å². The fraction of sp³-hybridized carbons (Fsp3) is 0.182. The number of hydrogen-bond acceptors (Lipinski definition) is 3. The number of benzene rings is 1. The number of aryl methyl sites for hydroxylation is 1. The highest BCUT2D eigenvalue weighted by Crippen LogP contribution is 2.23. The number of fused-ring (bicyclic) bond motifs is 1. The summed E-state index contributed by atoms with van der Waals surface area (Å²) < 4.78 is 10.6. The van der Waals surface area contributed by atoms with Gasteiger partial charge in [-0.1, -0.05) is 0 Å². The van der Waals surface area contributed by atoms with E-state index in [2.05, 4.69) is 0 Å². The van der Waals surface area contributed by atoms with E-state index < -0.39 is 0 Å². The average molecular weight is 187 g/mol. The maximum atomic E-state index is 8.35. The van der Waals surface area contributed by atoms with Gasteiger partial charge in [0.15, 0.2) is 6.61 Å². The molecule has 2 rings (SSSR count). The summed E-state index contributed by atoms with van der Waals surface area (Å²) in [5.74, 6) is 1.57. The van der Waals surface area contributed by atoms with Crippen LogP contribution < -0.4 is 4.74 Å². The Morgan fingerprint density at radius 3 is 3.07 bits per heavy atom. The quantitative estimate of drug-likeness (QED) is 0.726. The van der Waals surface area contributed by atoms with Gasteiger partial charge >= 0.3 is 0 Å². The largest absolute Gasteiger partial charge is 0.479 e. The minimum absolute atomic E-state index is 0.0718. The van der Waals surface area contributed by atoms with E-state index in [9.17, 15) is 0 Å². The Bertz CT molecular complexity index is 493. The molecule has 0 aliphatic carbocycles. The van der Waals surface area contributed by atoms with Crippen molar-refractivity contribution in [3.8, 4) is 11.8 Å². The van der Waals surface area contributed by atoms with Crippen LogP contribution in [0.1, 0.15) is 5.76 Å². The molecule has 1 aromatic heterocycles. The Balaban J connectivity index is 2.36. The predicted octanol–water partition coefficient (Wildman–Crippen LogP) is 2.64. The minimum Gasteiger partial charge on any atom is -0.479 e. The lowest BCUT2D eigenvalue weighted by atomic mass is 10.2. The summed E-state index contributed by atoms with van der Waals surface area (Å²) in [4.78, 5) is 0. The molecule has 1 heterocycles. The molecule has 0 aliphatic rings. The SMILES string of the molecule is Cc1cc2cc(OCC#N)ccc2o1. The second-order valence-corrected chi connectivity index (χ2v) is 3.00. The van der Waals surface area contributed by atoms with E-state index in [1.807, 2.05) is 31.2 Å². The van der Waals surface area contributed by atoms with Gasteiger partial charge in [-0.15, -0.1) is 0 Å². The number of rotatable bonds is 2. The van der Waals surface area contributed by atoms with Gasteiger partial charge in [-0.05, 0) is 31.2 Å². The topological polar surface area (TPSA) is 46.2 Å². The summed E-state index contributed by atoms with van der Waals surface area (Å²) >= 11 is 0. The van der Waals surface area contributed by atoms with Crippen molar-refractivity contribution in [3.63, 3.8) is 0 Å². The Kier molecular flexibility index (Phi) is 2.11. The van der Waals surface area contributed by atoms with Crippen molar-refractivity contribution in [2.24, 2.45) is 0 Å². The van der Waals surface area contributed by atoms with Crippen molar-refractivity contribution in [3.05, 3.63) is 30.0 Å². The molecule has 0 atom stereocenters. The number of nitrogens with zero attached hydrogens (tertiary/aromatic N) is 1. The third-order valence-electron chi connectivity index (χ3n) is 1.91. The molecule has 0 aliphatic heterocycles. The molecule has 0 saturated carbocycles. The van der Waals surface area contributed by atoms with Gasteiger partial charge in [0.25, 0.3) is 0 Å². The molecular weight excluding hydrogens is 178 g/mol. The van der Waals surface area contributed by atoms with Crippen LogP contribution in [0.2, 0.25) is 0 Å². The zero-order valence-electron chi connectivity index (χ0n) is 7.78. The van der Waals surface area contributed by atoms with E-state index >= 15 is 0 Å². The summed E-state index contributed by atoms with van der Waals surface area (Å²) in [6, 6.07) is 9.36. The summed E-state index contributed by atoms with van der Waals surface area (Å²) in [6.45, 7) is 1.97. The molecule has 0 spiro atoms. The first-order valence-electron chi connectivity index (χ1n) is 4.29. The van der Waals surface area contributed by atoms with Gasteiger partial charge in [0.05, 0.1) is 0 Å². The monoisotopic (exact) mass is 187 g/mol. The summed E-state index contributed by atoms with van der Waals surface area (Å²) in [6.07, 6.45) is 0. The highest BCUT2D eigenvalue weighted by molar-refractivity contribution is 5.79. The summed E-state index contributed by atoms with van der Waals surface area (Å²) in [5, 5.41) is 9.35. The van der Waals surface area contributed by atoms with Crippen molar-refractivity contribution < 1.29 is 9.15 Å². The summed E-state index contributed by atoms with van der Waals surface area (Å²) in [7, 11) is 0. The van der Waals surface area contributed by atoms with Crippen LogP contribution in [0, 0.1) is 18.3 Å². The number of nitriles is 1. The molecule has 1 aromatic carbocycles. The molecule has 14 heavy (non-hydrogen) atoms. The molecule has 2 aromatic rings. The molecule has 0 unspecified atom stereocenters. The maximum absolute atomic E-state index is 8.35. The van der Waals surface area contributed by atoms with Gasteiger partial charge in [-0.2, -0.15) is 5.26 Å². The molecule has 0 N–H and O–H groups in total. The van der Waals surface area contributed by atoms with Gasteiger partial charge < -0.3 is 9.15 Å². The maximum Gasteiger partial charge on any atom is 0.174 e. The molecule has 0 amide bonds. The third-order valence-corrected chi connectivity index (χ3v) is 1.91. The first-order chi connectivity index (χ1) is 6.79. The van der Waals surface area contributed by atoms with Gasteiger partial charge in [0.2, 0.25) is 0 Å². The lowest BCUT2D eigenvalue weighted by Crippen LogP contribution is -1.92. The van der Waals surface area contributed by atoms with Crippen LogP contribution in [0.5, 0.6) is 5.75 Å². The van der Waals surface area contributed by atoms with Crippen LogP contribution in [-0.4, -0.2) is 6.61 Å². The van der Waals surface area contributed by atoms with E-state index in [0.29, 0.717) is 5.75 Å². The predicted molar refractivity (Wildman–Crippen MR) is 52.1 cm³/mol. The molecule has 3 heteroatoms. The molecule has 0 bridgehead atoms.